The van der Waals surface area contributed by atoms with Gasteiger partial charge in [-0.05, 0) is 120 Å². The van der Waals surface area contributed by atoms with Gasteiger partial charge in [0.25, 0.3) is 5.91 Å². The maximum atomic E-state index is 14.1. The van der Waals surface area contributed by atoms with Crippen LogP contribution in [0.2, 0.25) is 0 Å². The van der Waals surface area contributed by atoms with Gasteiger partial charge in [0.15, 0.2) is 5.60 Å². The van der Waals surface area contributed by atoms with Gasteiger partial charge < -0.3 is 24.7 Å². The van der Waals surface area contributed by atoms with Crippen LogP contribution in [0.1, 0.15) is 119 Å². The molecule has 2 aromatic heterocycles. The maximum Gasteiger partial charge on any atom is 0.252 e. The highest BCUT2D eigenvalue weighted by atomic mass is 32.1. The molecule has 5 heterocycles. The monoisotopic (exact) mass is 701 g/mol. The predicted molar refractivity (Wildman–Crippen MR) is 203 cm³/mol. The van der Waals surface area contributed by atoms with Crippen LogP contribution in [0.25, 0.3) is 21.5 Å². The number of carbonyl (C=O) groups is 2. The first kappa shape index (κ1) is 35.7. The highest BCUT2D eigenvalue weighted by Crippen LogP contribution is 2.45. The zero-order chi connectivity index (χ0) is 35.0. The average Bonchev–Trinajstić information content (AvgIpc) is 3.88. The Balaban J connectivity index is 1.07. The number of nitrogens with one attached hydrogen (secondary N) is 2. The van der Waals surface area contributed by atoms with E-state index in [2.05, 4.69) is 67.2 Å². The van der Waals surface area contributed by atoms with Crippen LogP contribution in [-0.4, -0.2) is 66.3 Å². The lowest BCUT2D eigenvalue weighted by molar-refractivity contribution is -0.155. The van der Waals surface area contributed by atoms with Crippen LogP contribution in [0, 0.1) is 25.7 Å². The smallest absolute Gasteiger partial charge is 0.252 e. The fourth-order valence-electron chi connectivity index (χ4n) is 9.73. The Bertz CT molecular complexity index is 1640. The van der Waals surface area contributed by atoms with Gasteiger partial charge >= 0.3 is 0 Å². The number of aromatic nitrogens is 1. The molecule has 8 heteroatoms. The molecule has 2 bridgehead atoms. The van der Waals surface area contributed by atoms with Crippen LogP contribution in [-0.2, 0) is 30.9 Å². The van der Waals surface area contributed by atoms with Gasteiger partial charge in [-0.1, -0.05) is 42.9 Å². The second kappa shape index (κ2) is 14.7. The van der Waals surface area contributed by atoms with E-state index < -0.39 is 11.0 Å². The lowest BCUT2D eigenvalue weighted by Gasteiger charge is -2.35. The summed E-state index contributed by atoms with van der Waals surface area (Å²) in [5.41, 5.74) is 5.20. The number of nitrogens with zero attached hydrogens (tertiary/aromatic N) is 1. The highest BCUT2D eigenvalue weighted by Gasteiger charge is 2.47. The van der Waals surface area contributed by atoms with Crippen LogP contribution >= 0.6 is 11.3 Å². The van der Waals surface area contributed by atoms with Crippen molar-refractivity contribution in [2.45, 2.75) is 141 Å². The van der Waals surface area contributed by atoms with Crippen molar-refractivity contribution in [2.75, 3.05) is 26.9 Å². The van der Waals surface area contributed by atoms with Gasteiger partial charge in [0, 0.05) is 62.1 Å². The Hall–Kier alpha value is -2.68. The van der Waals surface area contributed by atoms with Crippen LogP contribution < -0.4 is 5.32 Å². The molecule has 2 amide bonds. The minimum absolute atomic E-state index is 0.0325. The van der Waals surface area contributed by atoms with Crippen LogP contribution in [0.4, 0.5) is 0 Å². The molecule has 2 unspecified atom stereocenters. The van der Waals surface area contributed by atoms with Crippen LogP contribution in [0.15, 0.2) is 24.3 Å². The van der Waals surface area contributed by atoms with Gasteiger partial charge in [-0.15, -0.1) is 11.3 Å². The van der Waals surface area contributed by atoms with Crippen molar-refractivity contribution in [1.29, 1.82) is 0 Å². The molecule has 4 fully saturated rings. The second-order valence-electron chi connectivity index (χ2n) is 16.7. The Kier molecular flexibility index (Phi) is 10.5. The minimum Gasteiger partial charge on any atom is -0.381 e. The molecule has 1 aromatic carbocycles. The van der Waals surface area contributed by atoms with E-state index in [1.807, 2.05) is 0 Å². The maximum absolute atomic E-state index is 14.1. The van der Waals surface area contributed by atoms with Gasteiger partial charge in [-0.3, -0.25) is 9.59 Å². The molecule has 4 aliphatic rings. The third-order valence-corrected chi connectivity index (χ3v) is 14.2. The quantitative estimate of drug-likeness (QED) is 0.222. The van der Waals surface area contributed by atoms with Crippen molar-refractivity contribution in [1.82, 2.24) is 15.2 Å². The number of carbonyl (C=O) groups excluding carboxylic acids is 2. The summed E-state index contributed by atoms with van der Waals surface area (Å²) < 4.78 is 11.3. The number of rotatable bonds is 10. The summed E-state index contributed by atoms with van der Waals surface area (Å²) in [6.45, 7) is 10.6. The van der Waals surface area contributed by atoms with E-state index in [4.69, 9.17) is 9.47 Å². The topological polar surface area (TPSA) is 83.7 Å². The Labute approximate surface area is 303 Å². The van der Waals surface area contributed by atoms with Gasteiger partial charge in [-0.2, -0.15) is 0 Å². The minimum atomic E-state index is -0.740. The number of amides is 2. The molecule has 7 nitrogen and oxygen atoms in total. The standard InChI is InChI=1S/C42H59N3O4S/c1-27-22-28(2)24-31(23-27)37-34(35-25-36(50-38(35)44-37)41(3,4)40(47)45-32-13-14-33(45)16-15-32)17-12-29-8-6-7-9-30(11-10-29)26-43-39(46)42(48-5)18-20-49-21-19-42/h22-25,29-30,32-33,44H,6-21,26H2,1-5H3,(H,43,46). The normalized spacial score (nSPS) is 25.5. The summed E-state index contributed by atoms with van der Waals surface area (Å²) in [4.78, 5) is 35.8. The molecule has 0 spiro atoms. The molecule has 272 valence electrons. The van der Waals surface area contributed by atoms with E-state index >= 15 is 0 Å². The van der Waals surface area contributed by atoms with E-state index in [1.165, 1.54) is 101 Å². The number of fused-ring (bicyclic) bond motifs is 3. The fraction of sp³-hybridized carbons (Fsp3) is 0.667. The molecule has 0 radical (unpaired) electrons. The molecule has 3 aliphatic heterocycles. The molecular formula is C42H59N3O4S. The van der Waals surface area contributed by atoms with E-state index in [-0.39, 0.29) is 5.91 Å². The van der Waals surface area contributed by atoms with E-state index in [0.717, 1.165) is 25.8 Å². The van der Waals surface area contributed by atoms with E-state index in [1.54, 1.807) is 18.4 Å². The molecule has 3 saturated heterocycles. The van der Waals surface area contributed by atoms with E-state index in [9.17, 15) is 9.59 Å². The lowest BCUT2D eigenvalue weighted by atomic mass is 9.82. The fourth-order valence-corrected chi connectivity index (χ4v) is 10.9. The van der Waals surface area contributed by atoms with Crippen molar-refractivity contribution < 1.29 is 19.1 Å². The Morgan fingerprint density at radius 3 is 2.24 bits per heavy atom. The first-order valence-electron chi connectivity index (χ1n) is 19.6. The third kappa shape index (κ3) is 7.06. The number of benzene rings is 1. The molecule has 1 aliphatic carbocycles. The predicted octanol–water partition coefficient (Wildman–Crippen LogP) is 8.78. The average molecular weight is 702 g/mol. The molecule has 7 rings (SSSR count). The number of H-pyrrole nitrogens is 1. The van der Waals surface area contributed by atoms with Crippen LogP contribution in [0.5, 0.6) is 0 Å². The molecular weight excluding hydrogens is 643 g/mol. The highest BCUT2D eigenvalue weighted by molar-refractivity contribution is 7.19. The Morgan fingerprint density at radius 2 is 1.58 bits per heavy atom. The van der Waals surface area contributed by atoms with Gasteiger partial charge in [-0.25, -0.2) is 0 Å². The second-order valence-corrected chi connectivity index (χ2v) is 17.7. The largest absolute Gasteiger partial charge is 0.381 e. The number of thiophene rings is 1. The molecule has 2 N–H and O–H groups in total. The van der Waals surface area contributed by atoms with Crippen molar-refractivity contribution >= 4 is 33.4 Å². The number of aryl methyl sites for hydroxylation is 3. The van der Waals surface area contributed by atoms with Gasteiger partial charge in [0.1, 0.15) is 4.83 Å². The van der Waals surface area contributed by atoms with E-state index in [0.29, 0.717) is 55.9 Å². The SMILES string of the molecule is COC1(C(=O)NCC2CCCCC(CCc3c(-c4cc(C)cc(C)c4)[nH]c4sc(C(C)(C)C(=O)N5C6CCC5CC6)cc34)CC2)CCOCC1. The number of hydrogen-bond acceptors (Lipinski definition) is 5. The Morgan fingerprint density at radius 1 is 0.940 bits per heavy atom. The molecule has 1 saturated carbocycles. The summed E-state index contributed by atoms with van der Waals surface area (Å²) in [5, 5.41) is 4.59. The summed E-state index contributed by atoms with van der Waals surface area (Å²) in [6.07, 6.45) is 15.4. The summed E-state index contributed by atoms with van der Waals surface area (Å²) in [7, 11) is 1.66. The van der Waals surface area contributed by atoms with Crippen molar-refractivity contribution in [3.63, 3.8) is 0 Å². The summed E-state index contributed by atoms with van der Waals surface area (Å²) >= 11 is 1.79. The first-order valence-corrected chi connectivity index (χ1v) is 20.4. The molecule has 3 aromatic rings. The number of ether oxygens (including phenoxy) is 2. The zero-order valence-corrected chi connectivity index (χ0v) is 31.9. The summed E-state index contributed by atoms with van der Waals surface area (Å²) in [5.74, 6) is 1.51. The number of methoxy groups -OCH3 is 1. The first-order chi connectivity index (χ1) is 24.1. The molecule has 2 atom stereocenters. The summed E-state index contributed by atoms with van der Waals surface area (Å²) in [6, 6.07) is 10.1. The van der Waals surface area contributed by atoms with Crippen LogP contribution in [0.3, 0.4) is 0 Å². The third-order valence-electron chi connectivity index (χ3n) is 12.9. The van der Waals surface area contributed by atoms with Gasteiger partial charge in [0.05, 0.1) is 11.1 Å². The molecule has 50 heavy (non-hydrogen) atoms. The van der Waals surface area contributed by atoms with Crippen molar-refractivity contribution in [3.8, 4) is 11.3 Å². The van der Waals surface area contributed by atoms with Crippen molar-refractivity contribution in [3.05, 3.63) is 45.8 Å². The number of aromatic amines is 1. The number of hydrogen-bond donors (Lipinski definition) is 2. The van der Waals surface area contributed by atoms with Crippen molar-refractivity contribution in [2.24, 2.45) is 11.8 Å². The zero-order valence-electron chi connectivity index (χ0n) is 31.1. The lowest BCUT2D eigenvalue weighted by Crippen LogP contribution is -2.52. The van der Waals surface area contributed by atoms with Gasteiger partial charge in [0.2, 0.25) is 5.91 Å².